The van der Waals surface area contributed by atoms with Gasteiger partial charge in [0.15, 0.2) is 17.3 Å². The molecule has 5 aromatic carbocycles. The van der Waals surface area contributed by atoms with Crippen LogP contribution in [0.15, 0.2) is 133 Å². The van der Waals surface area contributed by atoms with Crippen LogP contribution < -0.4 is 14.2 Å². The summed E-state index contributed by atoms with van der Waals surface area (Å²) in [6.45, 7) is 0.956. The van der Waals surface area contributed by atoms with Gasteiger partial charge in [0.2, 0.25) is 5.75 Å². The van der Waals surface area contributed by atoms with E-state index in [1.807, 2.05) is 103 Å². The maximum absolute atomic E-state index is 13.0. The second kappa shape index (κ2) is 14.3. The summed E-state index contributed by atoms with van der Waals surface area (Å²) in [7, 11) is 0. The fourth-order valence-corrected chi connectivity index (χ4v) is 4.27. The molecular weight excluding hydrogens is 524 g/mol. The SMILES string of the molecule is O=Cc1ccc(C(=O)/C=C/c2ccc(OCc3ccccc3)c(OCc3ccccc3)c2OCc2ccccc2)cc1. The lowest BCUT2D eigenvalue weighted by Crippen LogP contribution is -2.05. The van der Waals surface area contributed by atoms with Crippen LogP contribution in [-0.2, 0) is 19.8 Å². The fraction of sp³-hybridized carbons (Fsp3) is 0.0811. The Hall–Kier alpha value is -5.42. The highest BCUT2D eigenvalue weighted by molar-refractivity contribution is 6.07. The van der Waals surface area contributed by atoms with Crippen LogP contribution in [0.1, 0.15) is 43.0 Å². The predicted molar refractivity (Wildman–Crippen MR) is 164 cm³/mol. The summed E-state index contributed by atoms with van der Waals surface area (Å²) in [6.07, 6.45) is 3.96. The molecule has 5 nitrogen and oxygen atoms in total. The van der Waals surface area contributed by atoms with Gasteiger partial charge in [-0.1, -0.05) is 115 Å². The van der Waals surface area contributed by atoms with Crippen LogP contribution in [0.3, 0.4) is 0 Å². The first-order valence-electron chi connectivity index (χ1n) is 13.6. The summed E-state index contributed by atoms with van der Waals surface area (Å²) in [5.74, 6) is 1.26. The van der Waals surface area contributed by atoms with Crippen molar-refractivity contribution in [3.63, 3.8) is 0 Å². The standard InChI is InChI=1S/C37H30O5/c38-24-28-16-18-32(19-17-28)34(39)22-20-33-21-23-35(40-25-29-10-4-1-5-11-29)37(42-27-31-14-8-3-9-15-31)36(33)41-26-30-12-6-2-7-13-30/h1-24H,25-27H2/b22-20+. The zero-order valence-electron chi connectivity index (χ0n) is 23.0. The van der Waals surface area contributed by atoms with Crippen molar-refractivity contribution in [2.45, 2.75) is 19.8 Å². The second-order valence-corrected chi connectivity index (χ2v) is 9.57. The van der Waals surface area contributed by atoms with Gasteiger partial charge in [0, 0.05) is 16.7 Å². The molecule has 5 aromatic rings. The first-order valence-corrected chi connectivity index (χ1v) is 13.6. The highest BCUT2D eigenvalue weighted by Gasteiger charge is 2.18. The van der Waals surface area contributed by atoms with Crippen molar-refractivity contribution >= 4 is 18.1 Å². The normalized spacial score (nSPS) is 10.8. The van der Waals surface area contributed by atoms with Crippen LogP contribution in [0.25, 0.3) is 6.08 Å². The number of ketones is 1. The number of carbonyl (C=O) groups is 2. The van der Waals surface area contributed by atoms with Crippen LogP contribution in [0.4, 0.5) is 0 Å². The molecule has 0 aliphatic carbocycles. The van der Waals surface area contributed by atoms with Crippen LogP contribution in [0, 0.1) is 0 Å². The number of hydrogen-bond donors (Lipinski definition) is 0. The van der Waals surface area contributed by atoms with Gasteiger partial charge in [0.25, 0.3) is 0 Å². The van der Waals surface area contributed by atoms with Crippen LogP contribution in [-0.4, -0.2) is 12.1 Å². The molecule has 0 unspecified atom stereocenters. The Kier molecular flexibility index (Phi) is 9.56. The van der Waals surface area contributed by atoms with Gasteiger partial charge in [-0.2, -0.15) is 0 Å². The second-order valence-electron chi connectivity index (χ2n) is 9.57. The van der Waals surface area contributed by atoms with Crippen molar-refractivity contribution in [3.8, 4) is 17.2 Å². The average Bonchev–Trinajstić information content (AvgIpc) is 3.06. The average molecular weight is 555 g/mol. The van der Waals surface area contributed by atoms with Crippen molar-refractivity contribution in [2.75, 3.05) is 0 Å². The van der Waals surface area contributed by atoms with E-state index in [2.05, 4.69) is 0 Å². The Labute approximate surface area is 245 Å². The van der Waals surface area contributed by atoms with Gasteiger partial charge < -0.3 is 14.2 Å². The molecule has 0 aliphatic heterocycles. The molecule has 0 radical (unpaired) electrons. The Morgan fingerprint density at radius 1 is 0.548 bits per heavy atom. The van der Waals surface area contributed by atoms with E-state index in [1.54, 1.807) is 30.3 Å². The molecule has 0 N–H and O–H groups in total. The summed E-state index contributed by atoms with van der Waals surface area (Å²) >= 11 is 0. The van der Waals surface area contributed by atoms with Gasteiger partial charge >= 0.3 is 0 Å². The van der Waals surface area contributed by atoms with Crippen LogP contribution in [0.5, 0.6) is 17.2 Å². The first-order chi connectivity index (χ1) is 20.7. The number of carbonyl (C=O) groups excluding carboxylic acids is 2. The van der Waals surface area contributed by atoms with E-state index >= 15 is 0 Å². The van der Waals surface area contributed by atoms with Gasteiger partial charge in [-0.05, 0) is 41.0 Å². The molecule has 0 aliphatic rings. The molecule has 5 rings (SSSR count). The summed E-state index contributed by atoms with van der Waals surface area (Å²) < 4.78 is 19.0. The lowest BCUT2D eigenvalue weighted by molar-refractivity contribution is 0.104. The molecule has 208 valence electrons. The van der Waals surface area contributed by atoms with Crippen LogP contribution in [0.2, 0.25) is 0 Å². The van der Waals surface area contributed by atoms with E-state index in [0.717, 1.165) is 23.0 Å². The number of ether oxygens (including phenoxy) is 3. The molecule has 0 spiro atoms. The Bertz CT molecular complexity index is 1630. The number of benzene rings is 5. The number of hydrogen-bond acceptors (Lipinski definition) is 5. The van der Waals surface area contributed by atoms with Crippen molar-refractivity contribution < 1.29 is 23.8 Å². The highest BCUT2D eigenvalue weighted by atomic mass is 16.5. The Balaban J connectivity index is 1.50. The monoisotopic (exact) mass is 554 g/mol. The smallest absolute Gasteiger partial charge is 0.204 e. The third-order valence-corrected chi connectivity index (χ3v) is 6.54. The summed E-state index contributed by atoms with van der Waals surface area (Å²) in [4.78, 5) is 24.0. The third kappa shape index (κ3) is 7.61. The molecule has 0 saturated heterocycles. The van der Waals surface area contributed by atoms with E-state index in [1.165, 1.54) is 6.08 Å². The van der Waals surface area contributed by atoms with E-state index < -0.39 is 0 Å². The van der Waals surface area contributed by atoms with Gasteiger partial charge in [0.1, 0.15) is 26.1 Å². The summed E-state index contributed by atoms with van der Waals surface area (Å²) in [6, 6.07) is 39.8. The summed E-state index contributed by atoms with van der Waals surface area (Å²) in [5, 5.41) is 0. The Morgan fingerprint density at radius 3 is 1.57 bits per heavy atom. The molecule has 0 amide bonds. The zero-order chi connectivity index (χ0) is 29.0. The molecular formula is C37H30O5. The third-order valence-electron chi connectivity index (χ3n) is 6.54. The number of rotatable bonds is 13. The molecule has 0 fully saturated rings. The van der Waals surface area contributed by atoms with Gasteiger partial charge in [0.05, 0.1) is 0 Å². The molecule has 42 heavy (non-hydrogen) atoms. The van der Waals surface area contributed by atoms with Gasteiger partial charge in [-0.3, -0.25) is 9.59 Å². The predicted octanol–water partition coefficient (Wildman–Crippen LogP) is 8.13. The minimum Gasteiger partial charge on any atom is -0.485 e. The Morgan fingerprint density at radius 2 is 1.05 bits per heavy atom. The number of allylic oxidation sites excluding steroid dienone is 1. The molecule has 0 aromatic heterocycles. The minimum atomic E-state index is -0.197. The molecule has 0 saturated carbocycles. The van der Waals surface area contributed by atoms with E-state index in [-0.39, 0.29) is 5.78 Å². The van der Waals surface area contributed by atoms with E-state index in [4.69, 9.17) is 14.2 Å². The van der Waals surface area contributed by atoms with Gasteiger partial charge in [-0.15, -0.1) is 0 Å². The topological polar surface area (TPSA) is 61.8 Å². The van der Waals surface area contributed by atoms with Crippen molar-refractivity contribution in [2.24, 2.45) is 0 Å². The molecule has 0 atom stereocenters. The largest absolute Gasteiger partial charge is 0.485 e. The maximum Gasteiger partial charge on any atom is 0.204 e. The van der Waals surface area contributed by atoms with E-state index in [0.29, 0.717) is 53.8 Å². The molecule has 5 heteroatoms. The van der Waals surface area contributed by atoms with Crippen molar-refractivity contribution in [3.05, 3.63) is 167 Å². The van der Waals surface area contributed by atoms with Gasteiger partial charge in [-0.25, -0.2) is 0 Å². The number of aldehydes is 1. The maximum atomic E-state index is 13.0. The highest BCUT2D eigenvalue weighted by Crippen LogP contribution is 2.42. The lowest BCUT2D eigenvalue weighted by Gasteiger charge is -2.19. The van der Waals surface area contributed by atoms with E-state index in [9.17, 15) is 9.59 Å². The summed E-state index contributed by atoms with van der Waals surface area (Å²) in [5.41, 5.74) is 4.66. The quantitative estimate of drug-likeness (QED) is 0.0835. The lowest BCUT2D eigenvalue weighted by atomic mass is 10.1. The first kappa shape index (κ1) is 28.1. The fourth-order valence-electron chi connectivity index (χ4n) is 4.27. The van der Waals surface area contributed by atoms with Crippen molar-refractivity contribution in [1.29, 1.82) is 0 Å². The molecule has 0 heterocycles. The minimum absolute atomic E-state index is 0.197. The zero-order valence-corrected chi connectivity index (χ0v) is 23.0. The molecule has 0 bridgehead atoms. The van der Waals surface area contributed by atoms with Crippen LogP contribution >= 0.6 is 0 Å². The van der Waals surface area contributed by atoms with Crippen molar-refractivity contribution in [1.82, 2.24) is 0 Å².